The predicted molar refractivity (Wildman–Crippen MR) is 94.3 cm³/mol. The van der Waals surface area contributed by atoms with Gasteiger partial charge in [-0.3, -0.25) is 0 Å². The molecule has 2 aromatic carbocycles. The van der Waals surface area contributed by atoms with Gasteiger partial charge in [0.15, 0.2) is 9.84 Å². The Hall–Kier alpha value is -2.27. The first kappa shape index (κ1) is 16.6. The number of aromatic nitrogens is 1. The molecule has 0 amide bonds. The molecule has 124 valence electrons. The lowest BCUT2D eigenvalue weighted by Crippen LogP contribution is -2.03. The van der Waals surface area contributed by atoms with Gasteiger partial charge in [0.05, 0.1) is 16.1 Å². The van der Waals surface area contributed by atoms with Crippen molar-refractivity contribution in [3.63, 3.8) is 0 Å². The van der Waals surface area contributed by atoms with Gasteiger partial charge in [0.25, 0.3) is 0 Å². The van der Waals surface area contributed by atoms with Crippen molar-refractivity contribution in [2.45, 2.75) is 24.7 Å². The SMILES string of the molecule is CC(C)c1cc2ccc(F)cc2nc1-c1ccccc1S(C)(=O)=O. The number of fused-ring (bicyclic) bond motifs is 1. The molecule has 0 saturated carbocycles. The number of hydrogen-bond acceptors (Lipinski definition) is 3. The zero-order chi connectivity index (χ0) is 17.5. The standard InChI is InChI=1S/C19H18FNO2S/c1-12(2)16-10-13-8-9-14(20)11-17(13)21-19(16)15-6-4-5-7-18(15)24(3,22)23/h4-12H,1-3H3. The van der Waals surface area contributed by atoms with E-state index in [-0.39, 0.29) is 16.6 Å². The first-order valence-electron chi connectivity index (χ1n) is 7.67. The van der Waals surface area contributed by atoms with Crippen LogP contribution < -0.4 is 0 Å². The van der Waals surface area contributed by atoms with Gasteiger partial charge in [-0.05, 0) is 35.7 Å². The van der Waals surface area contributed by atoms with Crippen LogP contribution in [0.2, 0.25) is 0 Å². The predicted octanol–water partition coefficient (Wildman–Crippen LogP) is 4.57. The molecule has 5 heteroatoms. The number of nitrogens with zero attached hydrogens (tertiary/aromatic N) is 1. The van der Waals surface area contributed by atoms with Crippen molar-refractivity contribution in [3.05, 3.63) is 59.9 Å². The Kier molecular flexibility index (Phi) is 4.13. The van der Waals surface area contributed by atoms with Gasteiger partial charge < -0.3 is 0 Å². The molecule has 0 bridgehead atoms. The van der Waals surface area contributed by atoms with Gasteiger partial charge in [-0.1, -0.05) is 32.0 Å². The molecule has 0 aliphatic rings. The zero-order valence-electron chi connectivity index (χ0n) is 13.7. The van der Waals surface area contributed by atoms with Crippen molar-refractivity contribution in [2.75, 3.05) is 6.26 Å². The lowest BCUT2D eigenvalue weighted by Gasteiger charge is -2.16. The molecule has 3 nitrogen and oxygen atoms in total. The largest absolute Gasteiger partial charge is 0.247 e. The van der Waals surface area contributed by atoms with Gasteiger partial charge in [-0.25, -0.2) is 17.8 Å². The van der Waals surface area contributed by atoms with Crippen molar-refractivity contribution in [3.8, 4) is 11.3 Å². The second-order valence-corrected chi connectivity index (χ2v) is 8.17. The number of pyridine rings is 1. The van der Waals surface area contributed by atoms with Crippen LogP contribution in [0.15, 0.2) is 53.4 Å². The maximum absolute atomic E-state index is 13.6. The van der Waals surface area contributed by atoms with Crippen LogP contribution in [-0.2, 0) is 9.84 Å². The molecule has 0 unspecified atom stereocenters. The number of halogens is 1. The molecule has 0 aliphatic carbocycles. The van der Waals surface area contributed by atoms with E-state index in [4.69, 9.17) is 0 Å². The number of rotatable bonds is 3. The summed E-state index contributed by atoms with van der Waals surface area (Å²) in [5.41, 5.74) is 2.59. The minimum absolute atomic E-state index is 0.148. The van der Waals surface area contributed by atoms with Gasteiger partial charge in [0.2, 0.25) is 0 Å². The zero-order valence-corrected chi connectivity index (χ0v) is 14.6. The van der Waals surface area contributed by atoms with Crippen molar-refractivity contribution in [2.24, 2.45) is 0 Å². The molecule has 24 heavy (non-hydrogen) atoms. The summed E-state index contributed by atoms with van der Waals surface area (Å²) in [6, 6.07) is 13.2. The Balaban J connectivity index is 2.39. The molecule has 1 aromatic heterocycles. The third-order valence-corrected chi connectivity index (χ3v) is 5.13. The highest BCUT2D eigenvalue weighted by Crippen LogP contribution is 2.34. The van der Waals surface area contributed by atoms with Crippen molar-refractivity contribution >= 4 is 20.7 Å². The Morgan fingerprint density at radius 2 is 1.75 bits per heavy atom. The highest BCUT2D eigenvalue weighted by atomic mass is 32.2. The lowest BCUT2D eigenvalue weighted by atomic mass is 9.95. The second-order valence-electron chi connectivity index (χ2n) is 6.19. The fourth-order valence-electron chi connectivity index (χ4n) is 2.80. The van der Waals surface area contributed by atoms with Crippen LogP contribution in [-0.4, -0.2) is 19.7 Å². The molecule has 0 N–H and O–H groups in total. The summed E-state index contributed by atoms with van der Waals surface area (Å²) in [7, 11) is -3.40. The third-order valence-electron chi connectivity index (χ3n) is 3.97. The summed E-state index contributed by atoms with van der Waals surface area (Å²) < 4.78 is 37.8. The van der Waals surface area contributed by atoms with E-state index < -0.39 is 9.84 Å². The third kappa shape index (κ3) is 3.04. The van der Waals surface area contributed by atoms with Crippen LogP contribution in [0.4, 0.5) is 4.39 Å². The van der Waals surface area contributed by atoms with Crippen molar-refractivity contribution < 1.29 is 12.8 Å². The summed E-state index contributed by atoms with van der Waals surface area (Å²) in [6.07, 6.45) is 1.18. The molecule has 3 aromatic rings. The molecule has 0 atom stereocenters. The van der Waals surface area contributed by atoms with Crippen LogP contribution in [0.25, 0.3) is 22.2 Å². The number of hydrogen-bond donors (Lipinski definition) is 0. The topological polar surface area (TPSA) is 47.0 Å². The van der Waals surface area contributed by atoms with E-state index in [9.17, 15) is 12.8 Å². The van der Waals surface area contributed by atoms with Gasteiger partial charge in [-0.15, -0.1) is 0 Å². The van der Waals surface area contributed by atoms with E-state index in [0.29, 0.717) is 16.8 Å². The molecule has 0 radical (unpaired) electrons. The highest BCUT2D eigenvalue weighted by molar-refractivity contribution is 7.90. The smallest absolute Gasteiger partial charge is 0.176 e. The average molecular weight is 343 g/mol. The van der Waals surface area contributed by atoms with Crippen LogP contribution in [0, 0.1) is 5.82 Å². The van der Waals surface area contributed by atoms with E-state index in [0.717, 1.165) is 10.9 Å². The molecule has 0 fully saturated rings. The van der Waals surface area contributed by atoms with Gasteiger partial charge in [0.1, 0.15) is 5.82 Å². The first-order chi connectivity index (χ1) is 11.3. The molecule has 0 spiro atoms. The maximum Gasteiger partial charge on any atom is 0.176 e. The Labute approximate surface area is 141 Å². The second kappa shape index (κ2) is 5.98. The number of sulfone groups is 1. The summed E-state index contributed by atoms with van der Waals surface area (Å²) in [6.45, 7) is 4.05. The molecular weight excluding hydrogens is 325 g/mol. The van der Waals surface area contributed by atoms with Crippen LogP contribution in [0.3, 0.4) is 0 Å². The monoisotopic (exact) mass is 343 g/mol. The van der Waals surface area contributed by atoms with Gasteiger partial charge >= 0.3 is 0 Å². The minimum Gasteiger partial charge on any atom is -0.247 e. The molecule has 0 aliphatic heterocycles. The highest BCUT2D eigenvalue weighted by Gasteiger charge is 2.19. The Morgan fingerprint density at radius 1 is 1.04 bits per heavy atom. The summed E-state index contributed by atoms with van der Waals surface area (Å²) in [5.74, 6) is -0.218. The molecule has 0 saturated heterocycles. The quantitative estimate of drug-likeness (QED) is 0.700. The van der Waals surface area contributed by atoms with Gasteiger partial charge in [-0.2, -0.15) is 0 Å². The molecular formula is C19H18FNO2S. The van der Waals surface area contributed by atoms with E-state index in [1.807, 2.05) is 19.9 Å². The van der Waals surface area contributed by atoms with Gasteiger partial charge in [0, 0.05) is 23.3 Å². The van der Waals surface area contributed by atoms with Crippen LogP contribution in [0.5, 0.6) is 0 Å². The van der Waals surface area contributed by atoms with E-state index in [2.05, 4.69) is 4.98 Å². The lowest BCUT2D eigenvalue weighted by molar-refractivity contribution is 0.602. The fourth-order valence-corrected chi connectivity index (χ4v) is 3.69. The Morgan fingerprint density at radius 3 is 2.42 bits per heavy atom. The average Bonchev–Trinajstić information content (AvgIpc) is 2.52. The number of benzene rings is 2. The summed E-state index contributed by atoms with van der Waals surface area (Å²) in [4.78, 5) is 4.83. The normalized spacial score (nSPS) is 12.0. The summed E-state index contributed by atoms with van der Waals surface area (Å²) in [5, 5.41) is 0.834. The Bertz CT molecular complexity index is 1030. The molecule has 3 rings (SSSR count). The van der Waals surface area contributed by atoms with E-state index in [1.165, 1.54) is 18.4 Å². The van der Waals surface area contributed by atoms with E-state index >= 15 is 0 Å². The maximum atomic E-state index is 13.6. The van der Waals surface area contributed by atoms with E-state index in [1.54, 1.807) is 30.3 Å². The van der Waals surface area contributed by atoms with Crippen molar-refractivity contribution in [1.82, 2.24) is 4.98 Å². The minimum atomic E-state index is -3.40. The fraction of sp³-hybridized carbons (Fsp3) is 0.211. The first-order valence-corrected chi connectivity index (χ1v) is 9.56. The molecule has 1 heterocycles. The van der Waals surface area contributed by atoms with Crippen molar-refractivity contribution in [1.29, 1.82) is 0 Å². The van der Waals surface area contributed by atoms with Crippen LogP contribution in [0.1, 0.15) is 25.3 Å². The summed E-state index contributed by atoms with van der Waals surface area (Å²) >= 11 is 0. The van der Waals surface area contributed by atoms with Crippen LogP contribution >= 0.6 is 0 Å².